The first kappa shape index (κ1) is 32.7. The number of fused-ring (bicyclic) bond motifs is 1. The summed E-state index contributed by atoms with van der Waals surface area (Å²) in [5, 5.41) is 16.3. The third-order valence-corrected chi connectivity index (χ3v) is 7.58. The number of ether oxygens (including phenoxy) is 4. The normalized spacial score (nSPS) is 11.3. The molecule has 0 aliphatic rings. The molecule has 0 atom stereocenters. The van der Waals surface area contributed by atoms with Crippen LogP contribution in [0.1, 0.15) is 48.9 Å². The van der Waals surface area contributed by atoms with Crippen LogP contribution in [0.4, 0.5) is 5.69 Å². The average Bonchev–Trinajstić information content (AvgIpc) is 3.07. The van der Waals surface area contributed by atoms with Crippen molar-refractivity contribution in [2.24, 2.45) is 5.10 Å². The summed E-state index contributed by atoms with van der Waals surface area (Å²) in [6.45, 7) is 8.67. The zero-order valence-electron chi connectivity index (χ0n) is 27.1. The van der Waals surface area contributed by atoms with Crippen molar-refractivity contribution in [3.05, 3.63) is 116 Å². The number of nitro groups is 1. The van der Waals surface area contributed by atoms with Gasteiger partial charge in [-0.3, -0.25) is 14.9 Å². The smallest absolute Gasteiger partial charge is 0.282 e. The molecule has 0 spiro atoms. The molecular weight excluding hydrogens is 600 g/mol. The van der Waals surface area contributed by atoms with Crippen LogP contribution in [-0.4, -0.2) is 41.6 Å². The van der Waals surface area contributed by atoms with Gasteiger partial charge in [-0.25, -0.2) is 4.98 Å². The van der Waals surface area contributed by atoms with Crippen molar-refractivity contribution in [2.75, 3.05) is 20.8 Å². The fraction of sp³-hybridized carbons (Fsp3) is 0.250. The van der Waals surface area contributed by atoms with Gasteiger partial charge in [0, 0.05) is 23.3 Å². The number of methoxy groups -OCH3 is 2. The fourth-order valence-electron chi connectivity index (χ4n) is 5.23. The van der Waals surface area contributed by atoms with Gasteiger partial charge in [-0.1, -0.05) is 38.1 Å². The summed E-state index contributed by atoms with van der Waals surface area (Å²) in [7, 11) is 2.99. The first-order valence-corrected chi connectivity index (χ1v) is 15.1. The number of benzene rings is 4. The van der Waals surface area contributed by atoms with Gasteiger partial charge in [0.05, 0.1) is 42.9 Å². The molecular formula is C36H36N4O7. The second-order valence-electron chi connectivity index (χ2n) is 11.1. The van der Waals surface area contributed by atoms with E-state index in [1.807, 2.05) is 38.1 Å². The summed E-state index contributed by atoms with van der Waals surface area (Å²) >= 11 is 0. The second kappa shape index (κ2) is 14.2. The number of rotatable bonds is 12. The molecule has 11 nitrogen and oxygen atoms in total. The minimum absolute atomic E-state index is 0.0322. The molecule has 1 aromatic heterocycles. The third kappa shape index (κ3) is 6.94. The van der Waals surface area contributed by atoms with Crippen LogP contribution in [0, 0.1) is 17.0 Å². The Balaban J connectivity index is 1.58. The van der Waals surface area contributed by atoms with Crippen molar-refractivity contribution >= 4 is 22.8 Å². The minimum Gasteiger partial charge on any atom is -0.494 e. The van der Waals surface area contributed by atoms with Crippen LogP contribution in [0.2, 0.25) is 0 Å². The first-order valence-electron chi connectivity index (χ1n) is 15.1. The average molecular weight is 637 g/mol. The molecule has 0 radical (unpaired) electrons. The molecule has 0 fully saturated rings. The number of nitrogens with zero attached hydrogens (tertiary/aromatic N) is 4. The largest absolute Gasteiger partial charge is 0.494 e. The predicted molar refractivity (Wildman–Crippen MR) is 181 cm³/mol. The van der Waals surface area contributed by atoms with Gasteiger partial charge in [0.2, 0.25) is 5.75 Å². The summed E-state index contributed by atoms with van der Waals surface area (Å²) in [5.74, 6) is 2.37. The zero-order chi connectivity index (χ0) is 33.7. The van der Waals surface area contributed by atoms with Crippen LogP contribution in [0.5, 0.6) is 23.0 Å². The highest BCUT2D eigenvalue weighted by Gasteiger charge is 2.19. The number of aryl methyl sites for hydroxylation is 1. The Kier molecular flexibility index (Phi) is 9.84. The van der Waals surface area contributed by atoms with Gasteiger partial charge in [-0.2, -0.15) is 9.78 Å². The van der Waals surface area contributed by atoms with E-state index in [4.69, 9.17) is 23.9 Å². The molecule has 0 unspecified atom stereocenters. The van der Waals surface area contributed by atoms with E-state index >= 15 is 0 Å². The van der Waals surface area contributed by atoms with E-state index in [9.17, 15) is 14.9 Å². The van der Waals surface area contributed by atoms with Crippen molar-refractivity contribution < 1.29 is 23.9 Å². The van der Waals surface area contributed by atoms with Crippen molar-refractivity contribution in [1.82, 2.24) is 9.66 Å². The van der Waals surface area contributed by atoms with Crippen molar-refractivity contribution in [3.8, 4) is 34.4 Å². The number of hydrogen-bond acceptors (Lipinski definition) is 9. The maximum Gasteiger partial charge on any atom is 0.282 e. The summed E-state index contributed by atoms with van der Waals surface area (Å²) < 4.78 is 24.5. The fourth-order valence-corrected chi connectivity index (χ4v) is 5.23. The summed E-state index contributed by atoms with van der Waals surface area (Å²) in [6, 6.07) is 20.8. The number of aromatic nitrogens is 2. The molecule has 0 N–H and O–H groups in total. The molecule has 0 saturated carbocycles. The Labute approximate surface area is 272 Å². The Hall–Kier alpha value is -5.71. The van der Waals surface area contributed by atoms with Gasteiger partial charge in [0.25, 0.3) is 11.2 Å². The topological polar surface area (TPSA) is 127 Å². The van der Waals surface area contributed by atoms with Gasteiger partial charge >= 0.3 is 0 Å². The molecule has 0 aliphatic carbocycles. The molecule has 5 aromatic rings. The van der Waals surface area contributed by atoms with Gasteiger partial charge in [-0.05, 0) is 72.9 Å². The molecule has 0 amide bonds. The van der Waals surface area contributed by atoms with E-state index in [2.05, 4.69) is 18.9 Å². The summed E-state index contributed by atoms with van der Waals surface area (Å²) in [6.07, 6.45) is 1.53. The van der Waals surface area contributed by atoms with E-state index in [1.165, 1.54) is 37.2 Å². The lowest BCUT2D eigenvalue weighted by Crippen LogP contribution is -2.21. The van der Waals surface area contributed by atoms with E-state index < -0.39 is 4.92 Å². The van der Waals surface area contributed by atoms with Crippen LogP contribution in [-0.2, 0) is 6.61 Å². The Morgan fingerprint density at radius 3 is 2.34 bits per heavy atom. The molecule has 4 aromatic carbocycles. The lowest BCUT2D eigenvalue weighted by molar-refractivity contribution is -0.384. The molecule has 47 heavy (non-hydrogen) atoms. The first-order chi connectivity index (χ1) is 22.6. The minimum atomic E-state index is -0.457. The molecule has 0 saturated heterocycles. The second-order valence-corrected chi connectivity index (χ2v) is 11.1. The van der Waals surface area contributed by atoms with Crippen LogP contribution in [0.15, 0.2) is 82.7 Å². The molecule has 5 rings (SSSR count). The SMILES string of the molecule is CCOc1cc(C)c(-c2nc3ccccc3c(=O)n2N=Cc2cc(OC)c(OCc3cccc([N+](=O)[O-])c3)c(OC)c2)cc1C(C)C. The Morgan fingerprint density at radius 2 is 1.68 bits per heavy atom. The lowest BCUT2D eigenvalue weighted by atomic mass is 9.96. The van der Waals surface area contributed by atoms with Gasteiger partial charge in [0.1, 0.15) is 12.4 Å². The van der Waals surface area contributed by atoms with Crippen molar-refractivity contribution in [3.63, 3.8) is 0 Å². The van der Waals surface area contributed by atoms with E-state index in [-0.39, 0.29) is 23.8 Å². The molecule has 1 heterocycles. The van der Waals surface area contributed by atoms with E-state index in [1.54, 1.807) is 36.4 Å². The molecule has 242 valence electrons. The quantitative estimate of drug-likeness (QED) is 0.0794. The lowest BCUT2D eigenvalue weighted by Gasteiger charge is -2.18. The monoisotopic (exact) mass is 636 g/mol. The van der Waals surface area contributed by atoms with Crippen LogP contribution < -0.4 is 24.5 Å². The Bertz CT molecular complexity index is 2010. The maximum atomic E-state index is 13.9. The zero-order valence-corrected chi connectivity index (χ0v) is 27.1. The Morgan fingerprint density at radius 1 is 0.957 bits per heavy atom. The van der Waals surface area contributed by atoms with Crippen molar-refractivity contribution in [1.29, 1.82) is 0 Å². The van der Waals surface area contributed by atoms with E-state index in [0.29, 0.717) is 51.7 Å². The van der Waals surface area contributed by atoms with Gasteiger partial charge < -0.3 is 18.9 Å². The van der Waals surface area contributed by atoms with Crippen LogP contribution in [0.3, 0.4) is 0 Å². The summed E-state index contributed by atoms with van der Waals surface area (Å²) in [5.41, 5.74) is 4.03. The number of nitro benzene ring substituents is 1. The molecule has 11 heteroatoms. The predicted octanol–water partition coefficient (Wildman–Crippen LogP) is 7.28. The highest BCUT2D eigenvalue weighted by atomic mass is 16.6. The van der Waals surface area contributed by atoms with Crippen LogP contribution in [0.25, 0.3) is 22.3 Å². The van der Waals surface area contributed by atoms with Crippen LogP contribution >= 0.6 is 0 Å². The van der Waals surface area contributed by atoms with Crippen molar-refractivity contribution in [2.45, 2.75) is 40.2 Å². The molecule has 0 aliphatic heterocycles. The summed E-state index contributed by atoms with van der Waals surface area (Å²) in [4.78, 5) is 29.5. The highest BCUT2D eigenvalue weighted by Crippen LogP contribution is 2.39. The number of hydrogen-bond donors (Lipinski definition) is 0. The van der Waals surface area contributed by atoms with Gasteiger partial charge in [0.15, 0.2) is 17.3 Å². The maximum absolute atomic E-state index is 13.9. The number of para-hydroxylation sites is 1. The van der Waals surface area contributed by atoms with Gasteiger partial charge in [-0.15, -0.1) is 0 Å². The number of non-ortho nitro benzene ring substituents is 1. The standard InChI is InChI=1S/C36H36N4O7/c1-7-46-31-15-23(4)29(19-28(31)22(2)3)35-38-30-14-9-8-13-27(30)36(41)39(35)37-20-25-17-32(44-5)34(33(18-25)45-6)47-21-24-11-10-12-26(16-24)40(42)43/h8-20,22H,7,21H2,1-6H3. The third-order valence-electron chi connectivity index (χ3n) is 7.58. The molecule has 0 bridgehead atoms. The van der Waals surface area contributed by atoms with E-state index in [0.717, 1.165) is 22.4 Å². The highest BCUT2D eigenvalue weighted by molar-refractivity contribution is 5.84.